The number of esters is 2. The summed E-state index contributed by atoms with van der Waals surface area (Å²) < 4.78 is 8.94. The average molecular weight is 640 g/mol. The van der Waals surface area contributed by atoms with Crippen LogP contribution in [0.15, 0.2) is 84.9 Å². The summed E-state index contributed by atoms with van der Waals surface area (Å²) in [4.78, 5) is 41.1. The third-order valence-corrected chi connectivity index (χ3v) is 7.95. The molecule has 4 aromatic carbocycles. The van der Waals surface area contributed by atoms with Gasteiger partial charge in [-0.05, 0) is 47.5 Å². The third-order valence-electron chi connectivity index (χ3n) is 7.01. The monoisotopic (exact) mass is 639 g/mol. The molecule has 0 aliphatic carbocycles. The first-order chi connectivity index (χ1) is 20.2. The number of benzene rings is 4. The standard InChI is InChI=1S/C16H14ClNO3.C16H12ClNO3.B.Na.H/c2*1-21-16(20)15(19)14(17)9-6-7-13-11(8-9)10-4-2-3-5-12(10)18-13;;;/h2-8,14-15,18-19H,1H3;2-8,14,18H,1H3;;;/q;;;+1;-1. The van der Waals surface area contributed by atoms with Gasteiger partial charge < -0.3 is 26.0 Å². The van der Waals surface area contributed by atoms with Crippen LogP contribution < -0.4 is 29.6 Å². The van der Waals surface area contributed by atoms with Gasteiger partial charge in [-0.25, -0.2) is 9.59 Å². The molecule has 0 spiro atoms. The van der Waals surface area contributed by atoms with Gasteiger partial charge in [-0.3, -0.25) is 4.79 Å². The fourth-order valence-electron chi connectivity index (χ4n) is 4.84. The van der Waals surface area contributed by atoms with Crippen LogP contribution in [0.25, 0.3) is 43.6 Å². The molecule has 2 heterocycles. The second kappa shape index (κ2) is 15.1. The smallest absolute Gasteiger partial charge is 1.00 e. The van der Waals surface area contributed by atoms with Crippen molar-refractivity contribution in [2.24, 2.45) is 0 Å². The maximum atomic E-state index is 11.8. The minimum absolute atomic E-state index is 0. The molecule has 219 valence electrons. The van der Waals surface area contributed by atoms with E-state index in [1.807, 2.05) is 72.8 Å². The molecule has 0 saturated carbocycles. The van der Waals surface area contributed by atoms with Crippen molar-refractivity contribution < 1.29 is 59.9 Å². The number of nitrogens with one attached hydrogen (secondary N) is 2. The Morgan fingerprint density at radius 2 is 1.16 bits per heavy atom. The average Bonchev–Trinajstić information content (AvgIpc) is 3.60. The van der Waals surface area contributed by atoms with E-state index in [9.17, 15) is 19.5 Å². The van der Waals surface area contributed by atoms with Gasteiger partial charge in [0.1, 0.15) is 5.38 Å². The molecule has 0 aliphatic heterocycles. The first-order valence-corrected chi connectivity index (χ1v) is 13.8. The summed E-state index contributed by atoms with van der Waals surface area (Å²) in [5, 5.41) is 12.1. The van der Waals surface area contributed by atoms with Gasteiger partial charge in [0.2, 0.25) is 0 Å². The predicted molar refractivity (Wildman–Crippen MR) is 171 cm³/mol. The van der Waals surface area contributed by atoms with Gasteiger partial charge in [-0.1, -0.05) is 48.5 Å². The molecular formula is C32H27BCl2N2NaO6. The number of Topliss-reactive ketones (excluding diaryl/α,β-unsaturated/α-hetero) is 1. The second-order valence-electron chi connectivity index (χ2n) is 9.54. The number of fused-ring (bicyclic) bond motifs is 6. The number of hydrogen-bond acceptors (Lipinski definition) is 6. The van der Waals surface area contributed by atoms with Gasteiger partial charge in [0, 0.05) is 52.0 Å². The summed E-state index contributed by atoms with van der Waals surface area (Å²) in [6.45, 7) is 0. The number of para-hydroxylation sites is 2. The Kier molecular flexibility index (Phi) is 12.1. The van der Waals surface area contributed by atoms with Crippen molar-refractivity contribution in [1.29, 1.82) is 0 Å². The predicted octanol–water partition coefficient (Wildman–Crippen LogP) is 3.21. The van der Waals surface area contributed by atoms with Crippen molar-refractivity contribution in [3.05, 3.63) is 96.1 Å². The molecule has 3 N–H and O–H groups in total. The van der Waals surface area contributed by atoms with Crippen molar-refractivity contribution in [2.75, 3.05) is 14.2 Å². The van der Waals surface area contributed by atoms with Crippen LogP contribution in [0.5, 0.6) is 0 Å². The summed E-state index contributed by atoms with van der Waals surface area (Å²) >= 11 is 12.3. The van der Waals surface area contributed by atoms with Crippen LogP contribution in [0.2, 0.25) is 0 Å². The second-order valence-corrected chi connectivity index (χ2v) is 10.4. The molecule has 2 aromatic heterocycles. The van der Waals surface area contributed by atoms with Crippen LogP contribution >= 0.6 is 23.2 Å². The van der Waals surface area contributed by atoms with Gasteiger partial charge in [-0.15, -0.1) is 23.2 Å². The Hall–Kier alpha value is -3.31. The number of rotatable bonds is 6. The van der Waals surface area contributed by atoms with E-state index in [1.54, 1.807) is 12.1 Å². The zero-order chi connectivity index (χ0) is 30.0. The van der Waals surface area contributed by atoms with Gasteiger partial charge in [0.15, 0.2) is 6.10 Å². The minimum Gasteiger partial charge on any atom is -1.00 e. The number of alkyl halides is 2. The van der Waals surface area contributed by atoms with Crippen LogP contribution in [-0.4, -0.2) is 61.5 Å². The molecule has 0 aliphatic rings. The minimum atomic E-state index is -1.39. The zero-order valence-electron chi connectivity index (χ0n) is 25.1. The number of halogens is 2. The summed E-state index contributed by atoms with van der Waals surface area (Å²) in [6, 6.07) is 26.8. The number of aliphatic hydroxyl groups excluding tert-OH is 1. The third kappa shape index (κ3) is 6.99. The number of aliphatic hydroxyl groups is 1. The fraction of sp³-hybridized carbons (Fsp3) is 0.156. The van der Waals surface area contributed by atoms with Crippen LogP contribution in [0.1, 0.15) is 23.3 Å². The molecule has 0 bridgehead atoms. The molecule has 0 amide bonds. The quantitative estimate of drug-likeness (QED) is 0.111. The van der Waals surface area contributed by atoms with Gasteiger partial charge in [-0.2, -0.15) is 0 Å². The van der Waals surface area contributed by atoms with Crippen LogP contribution in [-0.2, 0) is 23.9 Å². The summed E-state index contributed by atoms with van der Waals surface area (Å²) in [7, 11) is 2.38. The Morgan fingerprint density at radius 3 is 1.66 bits per heavy atom. The zero-order valence-corrected chi connectivity index (χ0v) is 27.6. The Morgan fingerprint density at radius 1 is 0.705 bits per heavy atom. The maximum absolute atomic E-state index is 11.8. The summed E-state index contributed by atoms with van der Waals surface area (Å²) in [6.07, 6.45) is -1.39. The maximum Gasteiger partial charge on any atom is 1.00 e. The van der Waals surface area contributed by atoms with E-state index in [4.69, 9.17) is 23.2 Å². The van der Waals surface area contributed by atoms with Crippen molar-refractivity contribution in [3.63, 3.8) is 0 Å². The molecule has 44 heavy (non-hydrogen) atoms. The van der Waals surface area contributed by atoms with Crippen LogP contribution in [0.3, 0.4) is 0 Å². The number of ketones is 1. The summed E-state index contributed by atoms with van der Waals surface area (Å²) in [5.41, 5.74) is 5.22. The van der Waals surface area contributed by atoms with E-state index >= 15 is 0 Å². The molecule has 3 radical (unpaired) electrons. The molecule has 0 saturated heterocycles. The number of ether oxygens (including phenoxy) is 2. The summed E-state index contributed by atoms with van der Waals surface area (Å²) in [5.74, 6) is -2.44. The number of aromatic nitrogens is 2. The number of H-pyrrole nitrogens is 2. The number of methoxy groups -OCH3 is 2. The normalized spacial score (nSPS) is 12.8. The Balaban J connectivity index is 0.000000294. The van der Waals surface area contributed by atoms with E-state index in [0.717, 1.165) is 50.7 Å². The molecule has 12 heteroatoms. The van der Waals surface area contributed by atoms with Crippen LogP contribution in [0, 0.1) is 0 Å². The van der Waals surface area contributed by atoms with Crippen LogP contribution in [0.4, 0.5) is 0 Å². The van der Waals surface area contributed by atoms with E-state index in [0.29, 0.717) is 11.1 Å². The largest absolute Gasteiger partial charge is 1.00 e. The van der Waals surface area contributed by atoms with Crippen molar-refractivity contribution in [1.82, 2.24) is 9.97 Å². The molecule has 8 nitrogen and oxygen atoms in total. The number of aromatic amines is 2. The molecule has 6 rings (SSSR count). The molecule has 3 atom stereocenters. The topological polar surface area (TPSA) is 121 Å². The SMILES string of the molecule is COC(=O)C(=O)C(Cl)c1ccc2[nH]c3ccccc3c2c1.COC(=O)C(O)C(Cl)c1ccc2[nH]c3ccccc3c2c1.[B].[H-].[Na+]. The first-order valence-electron chi connectivity index (χ1n) is 12.9. The molecule has 6 aromatic rings. The van der Waals surface area contributed by atoms with E-state index in [1.165, 1.54) is 7.11 Å². The van der Waals surface area contributed by atoms with Crippen molar-refractivity contribution in [3.8, 4) is 0 Å². The fourth-order valence-corrected chi connectivity index (χ4v) is 5.30. The van der Waals surface area contributed by atoms with Gasteiger partial charge in [0.25, 0.3) is 5.78 Å². The first kappa shape index (κ1) is 35.2. The Bertz CT molecular complexity index is 1970. The number of carbonyl (C=O) groups excluding carboxylic acids is 3. The number of carbonyl (C=O) groups is 3. The van der Waals surface area contributed by atoms with E-state index in [2.05, 4.69) is 19.4 Å². The van der Waals surface area contributed by atoms with Gasteiger partial charge in [0.05, 0.1) is 19.6 Å². The van der Waals surface area contributed by atoms with E-state index in [-0.39, 0.29) is 39.4 Å². The van der Waals surface area contributed by atoms with E-state index < -0.39 is 34.6 Å². The van der Waals surface area contributed by atoms with Crippen molar-refractivity contribution >= 4 is 92.9 Å². The molecule has 0 fully saturated rings. The van der Waals surface area contributed by atoms with Gasteiger partial charge >= 0.3 is 41.5 Å². The van der Waals surface area contributed by atoms with Crippen molar-refractivity contribution in [2.45, 2.75) is 16.9 Å². The molecule has 3 unspecified atom stereocenters. The number of hydrogen-bond donors (Lipinski definition) is 3. The Labute approximate surface area is 288 Å². The molecular weight excluding hydrogens is 613 g/mol.